The number of hydrogen-bond donors (Lipinski definition) is 0. The highest BCUT2D eigenvalue weighted by atomic mass is 32.1. The number of carbonyl (C=O) groups is 1. The molecule has 1 aliphatic heterocycles. The SMILES string of the molecule is CCOC(=O)CC(c1cscn1)N1CCCC1. The molecule has 0 amide bonds. The minimum atomic E-state index is -0.127. The molecule has 4 nitrogen and oxygen atoms in total. The predicted molar refractivity (Wildman–Crippen MR) is 66.9 cm³/mol. The summed E-state index contributed by atoms with van der Waals surface area (Å²) in [5.74, 6) is -0.127. The van der Waals surface area contributed by atoms with Crippen LogP contribution in [0.2, 0.25) is 0 Å². The van der Waals surface area contributed by atoms with Crippen LogP contribution in [-0.2, 0) is 9.53 Å². The van der Waals surface area contributed by atoms with Gasteiger partial charge in [-0.05, 0) is 32.9 Å². The maximum atomic E-state index is 11.6. The van der Waals surface area contributed by atoms with Crippen LogP contribution in [0.25, 0.3) is 0 Å². The fourth-order valence-corrected chi connectivity index (χ4v) is 2.84. The predicted octanol–water partition coefficient (Wildman–Crippen LogP) is 2.23. The largest absolute Gasteiger partial charge is 0.466 e. The Morgan fingerprint density at radius 3 is 2.94 bits per heavy atom. The van der Waals surface area contributed by atoms with Crippen molar-refractivity contribution in [2.45, 2.75) is 32.2 Å². The van der Waals surface area contributed by atoms with E-state index in [-0.39, 0.29) is 12.0 Å². The van der Waals surface area contributed by atoms with Crippen LogP contribution < -0.4 is 0 Å². The first kappa shape index (κ1) is 12.5. The van der Waals surface area contributed by atoms with Crippen molar-refractivity contribution in [3.63, 3.8) is 0 Å². The fraction of sp³-hybridized carbons (Fsp3) is 0.667. The molecule has 0 aromatic carbocycles. The maximum absolute atomic E-state index is 11.6. The van der Waals surface area contributed by atoms with E-state index in [2.05, 4.69) is 9.88 Å². The second-order valence-electron chi connectivity index (χ2n) is 4.18. The lowest BCUT2D eigenvalue weighted by atomic mass is 10.1. The number of ether oxygens (including phenoxy) is 1. The van der Waals surface area contributed by atoms with E-state index in [9.17, 15) is 4.79 Å². The van der Waals surface area contributed by atoms with E-state index in [0.29, 0.717) is 13.0 Å². The molecule has 1 aromatic heterocycles. The highest BCUT2D eigenvalue weighted by Gasteiger charge is 2.27. The van der Waals surface area contributed by atoms with Crippen LogP contribution >= 0.6 is 11.3 Å². The average Bonchev–Trinajstić information content (AvgIpc) is 3.00. The Morgan fingerprint density at radius 1 is 1.59 bits per heavy atom. The van der Waals surface area contributed by atoms with Crippen molar-refractivity contribution in [2.24, 2.45) is 0 Å². The van der Waals surface area contributed by atoms with Crippen molar-refractivity contribution in [3.8, 4) is 0 Å². The van der Waals surface area contributed by atoms with E-state index in [0.717, 1.165) is 18.8 Å². The standard InChI is InChI=1S/C12H18N2O2S/c1-2-16-12(15)7-11(10-8-17-9-13-10)14-5-3-4-6-14/h8-9,11H,2-7H2,1H3. The molecule has 0 saturated carbocycles. The summed E-state index contributed by atoms with van der Waals surface area (Å²) in [4.78, 5) is 18.3. The minimum absolute atomic E-state index is 0.0998. The monoisotopic (exact) mass is 254 g/mol. The third kappa shape index (κ3) is 3.26. The zero-order valence-electron chi connectivity index (χ0n) is 10.1. The molecule has 0 N–H and O–H groups in total. The Balaban J connectivity index is 2.04. The zero-order chi connectivity index (χ0) is 12.1. The van der Waals surface area contributed by atoms with Gasteiger partial charge in [0.2, 0.25) is 0 Å². The quantitative estimate of drug-likeness (QED) is 0.756. The number of rotatable bonds is 5. The Kier molecular flexibility index (Phi) is 4.50. The summed E-state index contributed by atoms with van der Waals surface area (Å²) in [5.41, 5.74) is 2.83. The van der Waals surface area contributed by atoms with Crippen LogP contribution in [0.3, 0.4) is 0 Å². The van der Waals surface area contributed by atoms with Gasteiger partial charge in [0, 0.05) is 5.38 Å². The molecule has 1 aliphatic rings. The van der Waals surface area contributed by atoms with Gasteiger partial charge in [-0.15, -0.1) is 11.3 Å². The summed E-state index contributed by atoms with van der Waals surface area (Å²) in [7, 11) is 0. The van der Waals surface area contributed by atoms with Gasteiger partial charge in [0.05, 0.1) is 30.3 Å². The van der Waals surface area contributed by atoms with Gasteiger partial charge in [-0.2, -0.15) is 0 Å². The van der Waals surface area contributed by atoms with E-state index >= 15 is 0 Å². The van der Waals surface area contributed by atoms with Crippen molar-refractivity contribution in [2.75, 3.05) is 19.7 Å². The van der Waals surface area contributed by atoms with E-state index in [1.54, 1.807) is 11.3 Å². The van der Waals surface area contributed by atoms with Gasteiger partial charge >= 0.3 is 5.97 Å². The highest BCUT2D eigenvalue weighted by Crippen LogP contribution is 2.28. The molecule has 1 fully saturated rings. The summed E-state index contributed by atoms with van der Waals surface area (Å²) in [6.45, 7) is 4.40. The number of aromatic nitrogens is 1. The Morgan fingerprint density at radius 2 is 2.35 bits per heavy atom. The Hall–Kier alpha value is -0.940. The topological polar surface area (TPSA) is 42.4 Å². The van der Waals surface area contributed by atoms with Crippen molar-refractivity contribution in [1.82, 2.24) is 9.88 Å². The molecule has 0 spiro atoms. The molecule has 1 atom stereocenters. The summed E-state index contributed by atoms with van der Waals surface area (Å²) in [6.07, 6.45) is 2.84. The van der Waals surface area contributed by atoms with Gasteiger partial charge in [-0.1, -0.05) is 0 Å². The first-order chi connectivity index (χ1) is 8.31. The van der Waals surface area contributed by atoms with Gasteiger partial charge in [-0.3, -0.25) is 9.69 Å². The highest BCUT2D eigenvalue weighted by molar-refractivity contribution is 7.07. The average molecular weight is 254 g/mol. The number of esters is 1. The molecule has 2 heterocycles. The van der Waals surface area contributed by atoms with Crippen LogP contribution in [0.5, 0.6) is 0 Å². The number of hydrogen-bond acceptors (Lipinski definition) is 5. The number of thiazole rings is 1. The third-order valence-corrected chi connectivity index (χ3v) is 3.64. The molecule has 0 radical (unpaired) electrons. The molecule has 1 unspecified atom stereocenters. The smallest absolute Gasteiger partial charge is 0.307 e. The molecule has 17 heavy (non-hydrogen) atoms. The fourth-order valence-electron chi connectivity index (χ4n) is 2.24. The van der Waals surface area contributed by atoms with Gasteiger partial charge < -0.3 is 4.74 Å². The Bertz CT molecular complexity index is 347. The van der Waals surface area contributed by atoms with E-state index in [4.69, 9.17) is 4.74 Å². The van der Waals surface area contributed by atoms with E-state index in [1.165, 1.54) is 12.8 Å². The lowest BCUT2D eigenvalue weighted by molar-refractivity contribution is -0.144. The summed E-state index contributed by atoms with van der Waals surface area (Å²) in [5, 5.41) is 2.03. The van der Waals surface area contributed by atoms with E-state index < -0.39 is 0 Å². The zero-order valence-corrected chi connectivity index (χ0v) is 10.9. The first-order valence-electron chi connectivity index (χ1n) is 6.09. The second kappa shape index (κ2) is 6.12. The summed E-state index contributed by atoms with van der Waals surface area (Å²) >= 11 is 1.58. The van der Waals surface area contributed by atoms with Crippen LogP contribution in [0.15, 0.2) is 10.9 Å². The second-order valence-corrected chi connectivity index (χ2v) is 4.90. The third-order valence-electron chi connectivity index (χ3n) is 3.04. The molecule has 5 heteroatoms. The van der Waals surface area contributed by atoms with Gasteiger partial charge in [0.1, 0.15) is 0 Å². The van der Waals surface area contributed by atoms with Gasteiger partial charge in [0.15, 0.2) is 0 Å². The van der Waals surface area contributed by atoms with Crippen LogP contribution in [0.1, 0.15) is 37.9 Å². The lowest BCUT2D eigenvalue weighted by Crippen LogP contribution is -2.28. The number of nitrogens with zero attached hydrogens (tertiary/aromatic N) is 2. The number of likely N-dealkylation sites (tertiary alicyclic amines) is 1. The van der Waals surface area contributed by atoms with Crippen LogP contribution in [-0.4, -0.2) is 35.5 Å². The molecular formula is C12H18N2O2S. The van der Waals surface area contributed by atoms with E-state index in [1.807, 2.05) is 17.8 Å². The summed E-state index contributed by atoms with van der Waals surface area (Å²) in [6, 6.07) is 0.0998. The molecule has 2 rings (SSSR count). The lowest BCUT2D eigenvalue weighted by Gasteiger charge is -2.25. The van der Waals surface area contributed by atoms with Crippen molar-refractivity contribution < 1.29 is 9.53 Å². The molecule has 0 bridgehead atoms. The van der Waals surface area contributed by atoms with Crippen molar-refractivity contribution in [3.05, 3.63) is 16.6 Å². The van der Waals surface area contributed by atoms with Crippen LogP contribution in [0, 0.1) is 0 Å². The molecule has 0 aliphatic carbocycles. The first-order valence-corrected chi connectivity index (χ1v) is 7.03. The minimum Gasteiger partial charge on any atom is -0.466 e. The maximum Gasteiger partial charge on any atom is 0.307 e. The van der Waals surface area contributed by atoms with Gasteiger partial charge in [-0.25, -0.2) is 4.98 Å². The van der Waals surface area contributed by atoms with Crippen LogP contribution in [0.4, 0.5) is 0 Å². The van der Waals surface area contributed by atoms with Gasteiger partial charge in [0.25, 0.3) is 0 Å². The molecule has 1 aromatic rings. The van der Waals surface area contributed by atoms with Crippen molar-refractivity contribution >= 4 is 17.3 Å². The summed E-state index contributed by atoms with van der Waals surface area (Å²) < 4.78 is 5.04. The van der Waals surface area contributed by atoms with Crippen molar-refractivity contribution in [1.29, 1.82) is 0 Å². The number of carbonyl (C=O) groups excluding carboxylic acids is 1. The molecular weight excluding hydrogens is 236 g/mol. The Labute approximate surface area is 106 Å². The molecule has 1 saturated heterocycles. The molecule has 94 valence electrons. The normalized spacial score (nSPS) is 18.2.